The Morgan fingerprint density at radius 3 is 2.94 bits per heavy atom. The number of carbonyl (C=O) groups is 1. The normalized spacial score (nSPS) is 19.9. The molecule has 0 aliphatic carbocycles. The van der Waals surface area contributed by atoms with Crippen molar-refractivity contribution in [1.29, 1.82) is 0 Å². The zero-order valence-corrected chi connectivity index (χ0v) is 11.9. The maximum Gasteiger partial charge on any atom is 0.264 e. The summed E-state index contributed by atoms with van der Waals surface area (Å²) in [4.78, 5) is 15.1. The molecule has 2 rings (SSSR count). The molecule has 1 unspecified atom stereocenters. The Kier molecular flexibility index (Phi) is 5.43. The predicted octanol–water partition coefficient (Wildman–Crippen LogP) is 2.30. The molecule has 1 fully saturated rings. The van der Waals surface area contributed by atoms with Crippen LogP contribution in [0.3, 0.4) is 0 Å². The lowest BCUT2D eigenvalue weighted by Gasteiger charge is -2.32. The van der Waals surface area contributed by atoms with E-state index < -0.39 is 0 Å². The third-order valence-corrected chi connectivity index (χ3v) is 4.18. The summed E-state index contributed by atoms with van der Waals surface area (Å²) in [6.07, 6.45) is 2.27. The van der Waals surface area contributed by atoms with Gasteiger partial charge in [0.25, 0.3) is 5.91 Å². The molecule has 0 bridgehead atoms. The summed E-state index contributed by atoms with van der Waals surface area (Å²) in [5.74, 6) is 0.201. The van der Waals surface area contributed by atoms with E-state index in [0.29, 0.717) is 6.04 Å². The fraction of sp³-hybridized carbons (Fsp3) is 0.583. The standard InChI is InChI=1S/C12H18N2OS.ClH/c1-9-5-7-16-11(9)12(15)14-6-3-4-10(8-14)13-2;/h5,7,10,13H,3-4,6,8H2,1-2H3;1H. The van der Waals surface area contributed by atoms with Gasteiger partial charge in [-0.3, -0.25) is 4.79 Å². The number of likely N-dealkylation sites (tertiary alicyclic amines) is 1. The number of halogens is 1. The van der Waals surface area contributed by atoms with Crippen LogP contribution in [0.4, 0.5) is 0 Å². The second-order valence-corrected chi connectivity index (χ2v) is 5.23. The van der Waals surface area contributed by atoms with E-state index in [2.05, 4.69) is 5.32 Å². The lowest BCUT2D eigenvalue weighted by Crippen LogP contribution is -2.46. The zero-order chi connectivity index (χ0) is 11.5. The number of piperidine rings is 1. The number of hydrogen-bond acceptors (Lipinski definition) is 3. The molecule has 0 spiro atoms. The van der Waals surface area contributed by atoms with Gasteiger partial charge in [-0.2, -0.15) is 0 Å². The fourth-order valence-electron chi connectivity index (χ4n) is 2.13. The molecular weight excluding hydrogens is 256 g/mol. The third-order valence-electron chi connectivity index (χ3n) is 3.17. The van der Waals surface area contributed by atoms with Crippen molar-refractivity contribution in [3.63, 3.8) is 0 Å². The van der Waals surface area contributed by atoms with Gasteiger partial charge in [0.1, 0.15) is 0 Å². The maximum atomic E-state index is 12.3. The Morgan fingerprint density at radius 2 is 2.35 bits per heavy atom. The second kappa shape index (κ2) is 6.38. The minimum Gasteiger partial charge on any atom is -0.336 e. The van der Waals surface area contributed by atoms with Gasteiger partial charge in [0.15, 0.2) is 0 Å². The first-order valence-corrected chi connectivity index (χ1v) is 6.61. The van der Waals surface area contributed by atoms with E-state index in [4.69, 9.17) is 0 Å². The first kappa shape index (κ1) is 14.5. The van der Waals surface area contributed by atoms with E-state index in [0.717, 1.165) is 30.0 Å². The van der Waals surface area contributed by atoms with Crippen LogP contribution >= 0.6 is 23.7 Å². The molecule has 0 radical (unpaired) electrons. The zero-order valence-electron chi connectivity index (χ0n) is 10.2. The molecule has 0 saturated carbocycles. The molecule has 1 aliphatic rings. The highest BCUT2D eigenvalue weighted by Gasteiger charge is 2.24. The van der Waals surface area contributed by atoms with Gasteiger partial charge in [-0.25, -0.2) is 0 Å². The quantitative estimate of drug-likeness (QED) is 0.898. The minimum absolute atomic E-state index is 0. The van der Waals surface area contributed by atoms with Gasteiger partial charge in [0.2, 0.25) is 0 Å². The summed E-state index contributed by atoms with van der Waals surface area (Å²) in [6.45, 7) is 3.74. The molecule has 1 N–H and O–H groups in total. The van der Waals surface area contributed by atoms with E-state index in [-0.39, 0.29) is 18.3 Å². The van der Waals surface area contributed by atoms with Crippen molar-refractivity contribution in [3.8, 4) is 0 Å². The molecule has 1 amide bonds. The molecule has 17 heavy (non-hydrogen) atoms. The molecular formula is C12H19ClN2OS. The predicted molar refractivity (Wildman–Crippen MR) is 74.3 cm³/mol. The smallest absolute Gasteiger partial charge is 0.264 e. The number of likely N-dealkylation sites (N-methyl/N-ethyl adjacent to an activating group) is 1. The average Bonchev–Trinajstić information content (AvgIpc) is 2.74. The van der Waals surface area contributed by atoms with Gasteiger partial charge in [-0.05, 0) is 43.8 Å². The van der Waals surface area contributed by atoms with Crippen molar-refractivity contribution >= 4 is 29.7 Å². The molecule has 3 nitrogen and oxygen atoms in total. The SMILES string of the molecule is CNC1CCCN(C(=O)c2sccc2C)C1.Cl. The summed E-state index contributed by atoms with van der Waals surface area (Å²) in [5.41, 5.74) is 1.10. The number of hydrogen-bond donors (Lipinski definition) is 1. The molecule has 1 atom stereocenters. The molecule has 1 aromatic heterocycles. The van der Waals surface area contributed by atoms with Gasteiger partial charge in [-0.15, -0.1) is 23.7 Å². The summed E-state index contributed by atoms with van der Waals surface area (Å²) in [7, 11) is 1.97. The lowest BCUT2D eigenvalue weighted by atomic mass is 10.1. The second-order valence-electron chi connectivity index (χ2n) is 4.31. The summed E-state index contributed by atoms with van der Waals surface area (Å²) in [6, 6.07) is 2.47. The van der Waals surface area contributed by atoms with Crippen LogP contribution in [0.5, 0.6) is 0 Å². The molecule has 2 heterocycles. The van der Waals surface area contributed by atoms with Crippen LogP contribution in [-0.4, -0.2) is 37.0 Å². The third kappa shape index (κ3) is 3.21. The maximum absolute atomic E-state index is 12.3. The van der Waals surface area contributed by atoms with E-state index in [1.54, 1.807) is 11.3 Å². The number of carbonyl (C=O) groups excluding carboxylic acids is 1. The fourth-order valence-corrected chi connectivity index (χ4v) is 3.02. The topological polar surface area (TPSA) is 32.3 Å². The number of thiophene rings is 1. The molecule has 1 aromatic rings. The highest BCUT2D eigenvalue weighted by molar-refractivity contribution is 7.12. The largest absolute Gasteiger partial charge is 0.336 e. The van der Waals surface area contributed by atoms with Crippen LogP contribution < -0.4 is 5.32 Å². The summed E-state index contributed by atoms with van der Waals surface area (Å²) >= 11 is 1.55. The van der Waals surface area contributed by atoms with Gasteiger partial charge >= 0.3 is 0 Å². The number of rotatable bonds is 2. The van der Waals surface area contributed by atoms with Gasteiger partial charge in [0, 0.05) is 19.1 Å². The first-order valence-electron chi connectivity index (χ1n) is 5.73. The van der Waals surface area contributed by atoms with Gasteiger partial charge < -0.3 is 10.2 Å². The van der Waals surface area contributed by atoms with Gasteiger partial charge in [-0.1, -0.05) is 0 Å². The van der Waals surface area contributed by atoms with E-state index in [1.807, 2.05) is 30.3 Å². The van der Waals surface area contributed by atoms with Crippen LogP contribution in [0, 0.1) is 6.92 Å². The molecule has 5 heteroatoms. The highest BCUT2D eigenvalue weighted by Crippen LogP contribution is 2.20. The van der Waals surface area contributed by atoms with E-state index in [9.17, 15) is 4.79 Å². The molecule has 96 valence electrons. The van der Waals surface area contributed by atoms with Crippen molar-refractivity contribution in [2.24, 2.45) is 0 Å². The van der Waals surface area contributed by atoms with Crippen molar-refractivity contribution in [2.45, 2.75) is 25.8 Å². The molecule has 0 aromatic carbocycles. The van der Waals surface area contributed by atoms with Crippen molar-refractivity contribution in [2.75, 3.05) is 20.1 Å². The molecule has 1 saturated heterocycles. The van der Waals surface area contributed by atoms with Crippen LogP contribution in [-0.2, 0) is 0 Å². The number of nitrogens with zero attached hydrogens (tertiary/aromatic N) is 1. The van der Waals surface area contributed by atoms with E-state index >= 15 is 0 Å². The minimum atomic E-state index is 0. The van der Waals surface area contributed by atoms with Crippen LogP contribution in [0.25, 0.3) is 0 Å². The molecule has 1 aliphatic heterocycles. The Hall–Kier alpha value is -0.580. The van der Waals surface area contributed by atoms with Gasteiger partial charge in [0.05, 0.1) is 4.88 Å². The monoisotopic (exact) mass is 274 g/mol. The number of nitrogens with one attached hydrogen (secondary N) is 1. The summed E-state index contributed by atoms with van der Waals surface area (Å²) < 4.78 is 0. The Balaban J connectivity index is 0.00000144. The Morgan fingerprint density at radius 1 is 1.59 bits per heavy atom. The average molecular weight is 275 g/mol. The Labute approximate surface area is 113 Å². The van der Waals surface area contributed by atoms with Crippen molar-refractivity contribution in [3.05, 3.63) is 21.9 Å². The van der Waals surface area contributed by atoms with Crippen molar-refractivity contribution < 1.29 is 4.79 Å². The Bertz CT molecular complexity index is 380. The first-order chi connectivity index (χ1) is 7.72. The lowest BCUT2D eigenvalue weighted by molar-refractivity contribution is 0.0702. The van der Waals surface area contributed by atoms with E-state index in [1.165, 1.54) is 6.42 Å². The number of aryl methyl sites for hydroxylation is 1. The van der Waals surface area contributed by atoms with Crippen LogP contribution in [0.2, 0.25) is 0 Å². The van der Waals surface area contributed by atoms with Crippen LogP contribution in [0.1, 0.15) is 28.1 Å². The van der Waals surface area contributed by atoms with Crippen LogP contribution in [0.15, 0.2) is 11.4 Å². The van der Waals surface area contributed by atoms with Crippen molar-refractivity contribution in [1.82, 2.24) is 10.2 Å². The highest BCUT2D eigenvalue weighted by atomic mass is 35.5. The number of amides is 1. The summed E-state index contributed by atoms with van der Waals surface area (Å²) in [5, 5.41) is 5.25.